The number of benzene rings is 1. The monoisotopic (exact) mass is 286 g/mol. The molecule has 0 amide bonds. The van der Waals surface area contributed by atoms with Crippen LogP contribution in [0.2, 0.25) is 0 Å². The fourth-order valence-electron chi connectivity index (χ4n) is 4.47. The Hall–Kier alpha value is -0.900. The van der Waals surface area contributed by atoms with E-state index in [1.54, 1.807) is 0 Å². The van der Waals surface area contributed by atoms with E-state index in [1.165, 1.54) is 31.4 Å². The molecule has 0 bridgehead atoms. The van der Waals surface area contributed by atoms with Crippen molar-refractivity contribution in [2.24, 2.45) is 0 Å². The molecule has 0 N–H and O–H groups in total. The van der Waals surface area contributed by atoms with Crippen LogP contribution in [0.15, 0.2) is 30.3 Å². The Bertz CT molecular complexity index is 481. The van der Waals surface area contributed by atoms with Crippen molar-refractivity contribution in [2.75, 3.05) is 26.7 Å². The first-order valence-electron chi connectivity index (χ1n) is 8.47. The van der Waals surface area contributed by atoms with Crippen LogP contribution in [0.25, 0.3) is 0 Å². The molecule has 4 rings (SSSR count). The molecule has 0 aliphatic carbocycles. The van der Waals surface area contributed by atoms with Gasteiger partial charge in [-0.3, -0.25) is 4.90 Å². The fraction of sp³-hybridized carbons (Fsp3) is 0.667. The van der Waals surface area contributed by atoms with E-state index in [2.05, 4.69) is 47.2 Å². The Balaban J connectivity index is 1.65. The van der Waals surface area contributed by atoms with E-state index in [1.807, 2.05) is 0 Å². The molecule has 21 heavy (non-hydrogen) atoms. The summed E-state index contributed by atoms with van der Waals surface area (Å²) < 4.78 is 6.77. The number of likely N-dealkylation sites (tertiary alicyclic amines) is 1. The maximum absolute atomic E-state index is 6.77. The van der Waals surface area contributed by atoms with Gasteiger partial charge in [-0.2, -0.15) is 0 Å². The summed E-state index contributed by atoms with van der Waals surface area (Å²) in [7, 11) is 2.23. The SMILES string of the molecule is CN1CCC2(CC1)O[C@H](c1ccccc1)[C@@H]1CCCCN12. The van der Waals surface area contributed by atoms with Crippen molar-refractivity contribution in [3.8, 4) is 0 Å². The second-order valence-corrected chi connectivity index (χ2v) is 6.96. The fourth-order valence-corrected chi connectivity index (χ4v) is 4.47. The van der Waals surface area contributed by atoms with Crippen molar-refractivity contribution < 1.29 is 4.74 Å². The van der Waals surface area contributed by atoms with Gasteiger partial charge in [-0.25, -0.2) is 0 Å². The number of hydrogen-bond acceptors (Lipinski definition) is 3. The van der Waals surface area contributed by atoms with Gasteiger partial charge in [-0.1, -0.05) is 36.8 Å². The Morgan fingerprint density at radius 1 is 1.05 bits per heavy atom. The second kappa shape index (κ2) is 5.38. The summed E-state index contributed by atoms with van der Waals surface area (Å²) in [6.45, 7) is 3.53. The van der Waals surface area contributed by atoms with Crippen LogP contribution < -0.4 is 0 Å². The minimum Gasteiger partial charge on any atom is -0.351 e. The molecule has 0 saturated carbocycles. The van der Waals surface area contributed by atoms with Gasteiger partial charge in [0.2, 0.25) is 0 Å². The number of fused-ring (bicyclic) bond motifs is 2. The van der Waals surface area contributed by atoms with Crippen LogP contribution in [0.5, 0.6) is 0 Å². The van der Waals surface area contributed by atoms with E-state index in [0.717, 1.165) is 25.9 Å². The summed E-state index contributed by atoms with van der Waals surface area (Å²) in [6, 6.07) is 11.5. The summed E-state index contributed by atoms with van der Waals surface area (Å²) in [5.74, 6) is 0. The van der Waals surface area contributed by atoms with Crippen LogP contribution in [0.1, 0.15) is 43.8 Å². The lowest BCUT2D eigenvalue weighted by Crippen LogP contribution is -2.55. The Kier molecular flexibility index (Phi) is 3.52. The molecule has 1 spiro atoms. The first kappa shape index (κ1) is 13.7. The molecule has 3 fully saturated rings. The van der Waals surface area contributed by atoms with Crippen molar-refractivity contribution in [3.05, 3.63) is 35.9 Å². The molecule has 3 aliphatic rings. The van der Waals surface area contributed by atoms with Gasteiger partial charge in [-0.05, 0) is 25.5 Å². The van der Waals surface area contributed by atoms with Crippen molar-refractivity contribution in [1.29, 1.82) is 0 Å². The van der Waals surface area contributed by atoms with Crippen LogP contribution in [0, 0.1) is 0 Å². The summed E-state index contributed by atoms with van der Waals surface area (Å²) in [4.78, 5) is 5.16. The molecule has 3 aliphatic heterocycles. The Morgan fingerprint density at radius 3 is 2.57 bits per heavy atom. The Labute approximate surface area is 127 Å². The topological polar surface area (TPSA) is 15.7 Å². The van der Waals surface area contributed by atoms with Crippen LogP contribution in [0.4, 0.5) is 0 Å². The van der Waals surface area contributed by atoms with Gasteiger partial charge < -0.3 is 9.64 Å². The molecule has 3 heteroatoms. The first-order valence-corrected chi connectivity index (χ1v) is 8.47. The molecule has 0 aromatic heterocycles. The average Bonchev–Trinajstić information content (AvgIpc) is 2.87. The molecule has 1 aromatic carbocycles. The molecular weight excluding hydrogens is 260 g/mol. The second-order valence-electron chi connectivity index (χ2n) is 6.96. The molecule has 3 nitrogen and oxygen atoms in total. The summed E-state index contributed by atoms with van der Waals surface area (Å²) in [6.07, 6.45) is 6.56. The number of rotatable bonds is 1. The van der Waals surface area contributed by atoms with E-state index in [9.17, 15) is 0 Å². The smallest absolute Gasteiger partial charge is 0.125 e. The molecule has 0 unspecified atom stereocenters. The maximum atomic E-state index is 6.77. The lowest BCUT2D eigenvalue weighted by Gasteiger charge is -2.45. The van der Waals surface area contributed by atoms with E-state index in [-0.39, 0.29) is 11.8 Å². The highest BCUT2D eigenvalue weighted by Crippen LogP contribution is 2.49. The van der Waals surface area contributed by atoms with Crippen LogP contribution in [-0.2, 0) is 4.74 Å². The van der Waals surface area contributed by atoms with Crippen LogP contribution in [0.3, 0.4) is 0 Å². The zero-order valence-electron chi connectivity index (χ0n) is 13.0. The van der Waals surface area contributed by atoms with Crippen LogP contribution >= 0.6 is 0 Å². The number of nitrogens with zero attached hydrogens (tertiary/aromatic N) is 2. The number of ether oxygens (including phenoxy) is 1. The van der Waals surface area contributed by atoms with E-state index >= 15 is 0 Å². The van der Waals surface area contributed by atoms with Gasteiger partial charge in [0, 0.05) is 38.5 Å². The normalized spacial score (nSPS) is 33.2. The molecule has 2 atom stereocenters. The predicted octanol–water partition coefficient (Wildman–Crippen LogP) is 3.03. The minimum absolute atomic E-state index is 0.0120. The minimum atomic E-state index is 0.0120. The summed E-state index contributed by atoms with van der Waals surface area (Å²) in [5, 5.41) is 0. The third kappa shape index (κ3) is 2.32. The molecule has 3 heterocycles. The Morgan fingerprint density at radius 2 is 1.81 bits per heavy atom. The van der Waals surface area contributed by atoms with Crippen molar-refractivity contribution in [3.63, 3.8) is 0 Å². The highest BCUT2D eigenvalue weighted by atomic mass is 16.5. The zero-order valence-corrected chi connectivity index (χ0v) is 13.0. The number of piperidine rings is 2. The largest absolute Gasteiger partial charge is 0.351 e. The molecule has 114 valence electrons. The van der Waals surface area contributed by atoms with Crippen molar-refractivity contribution >= 4 is 0 Å². The standard InChI is InChI=1S/C18H26N2O/c1-19-13-10-18(11-14-19)20-12-6-5-9-16(20)17(21-18)15-7-3-2-4-8-15/h2-4,7-8,16-17H,5-6,9-14H2,1H3/t16-,17+/m0/s1. The lowest BCUT2D eigenvalue weighted by atomic mass is 9.91. The van der Waals surface area contributed by atoms with Gasteiger partial charge in [0.05, 0.1) is 0 Å². The van der Waals surface area contributed by atoms with Crippen molar-refractivity contribution in [1.82, 2.24) is 9.80 Å². The molecule has 0 radical (unpaired) electrons. The van der Waals surface area contributed by atoms with E-state index in [4.69, 9.17) is 4.74 Å². The van der Waals surface area contributed by atoms with E-state index in [0.29, 0.717) is 6.04 Å². The van der Waals surface area contributed by atoms with Gasteiger partial charge in [-0.15, -0.1) is 0 Å². The average molecular weight is 286 g/mol. The van der Waals surface area contributed by atoms with E-state index < -0.39 is 0 Å². The third-order valence-electron chi connectivity index (χ3n) is 5.66. The van der Waals surface area contributed by atoms with Gasteiger partial charge in [0.25, 0.3) is 0 Å². The highest BCUT2D eigenvalue weighted by molar-refractivity contribution is 5.22. The third-order valence-corrected chi connectivity index (χ3v) is 5.66. The highest BCUT2D eigenvalue weighted by Gasteiger charge is 2.54. The molecule has 3 saturated heterocycles. The predicted molar refractivity (Wildman–Crippen MR) is 84.1 cm³/mol. The number of hydrogen-bond donors (Lipinski definition) is 0. The van der Waals surface area contributed by atoms with Crippen LogP contribution in [-0.4, -0.2) is 48.2 Å². The van der Waals surface area contributed by atoms with Gasteiger partial charge in [0.15, 0.2) is 0 Å². The van der Waals surface area contributed by atoms with Gasteiger partial charge >= 0.3 is 0 Å². The van der Waals surface area contributed by atoms with Crippen molar-refractivity contribution in [2.45, 2.75) is 50.0 Å². The maximum Gasteiger partial charge on any atom is 0.125 e. The summed E-state index contributed by atoms with van der Waals surface area (Å²) in [5.41, 5.74) is 1.38. The first-order chi connectivity index (χ1) is 10.3. The molecule has 1 aromatic rings. The summed E-state index contributed by atoms with van der Waals surface area (Å²) >= 11 is 0. The lowest BCUT2D eigenvalue weighted by molar-refractivity contribution is -0.138. The zero-order chi connectivity index (χ0) is 14.3. The van der Waals surface area contributed by atoms with Gasteiger partial charge in [0.1, 0.15) is 11.8 Å². The molecular formula is C18H26N2O. The quantitative estimate of drug-likeness (QED) is 0.789.